The van der Waals surface area contributed by atoms with Gasteiger partial charge in [-0.25, -0.2) is 0 Å². The Morgan fingerprint density at radius 3 is 1.73 bits per heavy atom. The summed E-state index contributed by atoms with van der Waals surface area (Å²) in [6.07, 6.45) is 37.2. The van der Waals surface area contributed by atoms with Crippen molar-refractivity contribution in [1.82, 2.24) is 0 Å². The van der Waals surface area contributed by atoms with Crippen molar-refractivity contribution in [3.63, 3.8) is 0 Å². The Kier molecular flexibility index (Phi) is 17.7. The van der Waals surface area contributed by atoms with E-state index in [-0.39, 0.29) is 17.5 Å². The van der Waals surface area contributed by atoms with Gasteiger partial charge < -0.3 is 4.74 Å². The molecule has 44 heavy (non-hydrogen) atoms. The third-order valence-electron chi connectivity index (χ3n) is 7.72. The lowest BCUT2D eigenvalue weighted by Crippen LogP contribution is -2.19. The Morgan fingerprint density at radius 2 is 1.25 bits per heavy atom. The van der Waals surface area contributed by atoms with Gasteiger partial charge in [-0.1, -0.05) is 145 Å². The normalized spacial score (nSPS) is 18.5. The molecule has 0 heterocycles. The molecule has 1 rings (SSSR count). The maximum atomic E-state index is 11.3. The summed E-state index contributed by atoms with van der Waals surface area (Å²) in [5.74, 6) is -0.265. The second-order valence-electron chi connectivity index (χ2n) is 12.9. The summed E-state index contributed by atoms with van der Waals surface area (Å²) in [6.45, 7) is 24.8. The van der Waals surface area contributed by atoms with Gasteiger partial charge in [0.25, 0.3) is 0 Å². The van der Waals surface area contributed by atoms with Crippen molar-refractivity contribution in [3.8, 4) is 0 Å². The molecule has 0 spiro atoms. The molecule has 0 fully saturated rings. The molecule has 0 amide bonds. The van der Waals surface area contributed by atoms with Crippen LogP contribution in [0.25, 0.3) is 0 Å². The zero-order valence-corrected chi connectivity index (χ0v) is 29.3. The molecule has 1 atom stereocenters. The van der Waals surface area contributed by atoms with Gasteiger partial charge in [-0.15, -0.1) is 0 Å². The topological polar surface area (TPSA) is 26.3 Å². The number of hydrogen-bond donors (Lipinski definition) is 0. The summed E-state index contributed by atoms with van der Waals surface area (Å²) in [5, 5.41) is 0. The summed E-state index contributed by atoms with van der Waals surface area (Å²) < 4.78 is 5.34. The van der Waals surface area contributed by atoms with Gasteiger partial charge in [0.15, 0.2) is 0 Å². The van der Waals surface area contributed by atoms with Crippen LogP contribution in [0.15, 0.2) is 142 Å². The Labute approximate surface area is 270 Å². The maximum Gasteiger partial charge on any atom is 0.303 e. The monoisotopic (exact) mass is 594 g/mol. The summed E-state index contributed by atoms with van der Waals surface area (Å²) in [5.41, 5.74) is 10.2. The molecule has 0 aromatic carbocycles. The van der Waals surface area contributed by atoms with Crippen molar-refractivity contribution in [1.29, 1.82) is 0 Å². The molecule has 0 aromatic rings. The van der Waals surface area contributed by atoms with Crippen molar-refractivity contribution in [2.75, 3.05) is 0 Å². The van der Waals surface area contributed by atoms with E-state index in [1.54, 1.807) is 0 Å². The molecule has 2 heteroatoms. The van der Waals surface area contributed by atoms with Crippen molar-refractivity contribution >= 4 is 5.97 Å². The zero-order chi connectivity index (χ0) is 33.1. The van der Waals surface area contributed by atoms with E-state index in [1.807, 2.05) is 6.92 Å². The minimum absolute atomic E-state index is 0.222. The molecule has 2 nitrogen and oxygen atoms in total. The highest BCUT2D eigenvalue weighted by Gasteiger charge is 2.26. The van der Waals surface area contributed by atoms with Crippen LogP contribution < -0.4 is 0 Å². The first-order chi connectivity index (χ1) is 20.7. The molecule has 0 radical (unpaired) electrons. The number of allylic oxidation sites excluding steroid dienone is 22. The van der Waals surface area contributed by atoms with E-state index in [9.17, 15) is 4.79 Å². The van der Waals surface area contributed by atoms with Crippen molar-refractivity contribution in [3.05, 3.63) is 142 Å². The average Bonchev–Trinajstić information content (AvgIpc) is 2.92. The van der Waals surface area contributed by atoms with Crippen molar-refractivity contribution < 1.29 is 9.53 Å². The predicted octanol–water partition coefficient (Wildman–Crippen LogP) is 12.3. The van der Waals surface area contributed by atoms with Crippen LogP contribution in [0.2, 0.25) is 0 Å². The number of ether oxygens (including phenoxy) is 1. The lowest BCUT2D eigenvalue weighted by atomic mass is 9.72. The second kappa shape index (κ2) is 20.3. The molecule has 1 aliphatic rings. The van der Waals surface area contributed by atoms with Gasteiger partial charge in [0.05, 0.1) is 0 Å². The fourth-order valence-electron chi connectivity index (χ4n) is 4.98. The van der Waals surface area contributed by atoms with Crippen LogP contribution in [0, 0.1) is 5.41 Å². The van der Waals surface area contributed by atoms with E-state index in [0.717, 1.165) is 18.4 Å². The second-order valence-corrected chi connectivity index (χ2v) is 12.9. The molecular weight excluding hydrogens is 536 g/mol. The quantitative estimate of drug-likeness (QED) is 0.107. The van der Waals surface area contributed by atoms with Gasteiger partial charge in [-0.2, -0.15) is 0 Å². The first-order valence-corrected chi connectivity index (χ1v) is 16.0. The van der Waals surface area contributed by atoms with Crippen LogP contribution in [0.1, 0.15) is 101 Å². The summed E-state index contributed by atoms with van der Waals surface area (Å²) >= 11 is 0. The molecule has 0 bridgehead atoms. The first-order valence-electron chi connectivity index (χ1n) is 16.0. The first kappa shape index (κ1) is 38.4. The molecule has 1 unspecified atom stereocenters. The van der Waals surface area contributed by atoms with Gasteiger partial charge in [0.2, 0.25) is 0 Å². The highest BCUT2D eigenvalue weighted by Crippen LogP contribution is 2.40. The molecule has 0 N–H and O–H groups in total. The Morgan fingerprint density at radius 1 is 0.773 bits per heavy atom. The number of esters is 1. The number of rotatable bonds is 15. The van der Waals surface area contributed by atoms with E-state index in [1.165, 1.54) is 65.2 Å². The van der Waals surface area contributed by atoms with Crippen LogP contribution in [0.5, 0.6) is 0 Å². The van der Waals surface area contributed by atoms with Crippen molar-refractivity contribution in [2.45, 2.75) is 107 Å². The van der Waals surface area contributed by atoms with E-state index < -0.39 is 0 Å². The van der Waals surface area contributed by atoms with E-state index in [2.05, 4.69) is 153 Å². The fourth-order valence-corrected chi connectivity index (χ4v) is 4.98. The fraction of sp³-hybridized carbons (Fsp3) is 0.405. The summed E-state index contributed by atoms with van der Waals surface area (Å²) in [7, 11) is 0. The van der Waals surface area contributed by atoms with Gasteiger partial charge in [-0.05, 0) is 97.1 Å². The predicted molar refractivity (Wildman–Crippen MR) is 194 cm³/mol. The lowest BCUT2D eigenvalue weighted by molar-refractivity contribution is -0.144. The maximum absolute atomic E-state index is 11.3. The van der Waals surface area contributed by atoms with E-state index in [4.69, 9.17) is 4.74 Å². The minimum atomic E-state index is -0.265. The molecule has 0 aromatic heterocycles. The zero-order valence-electron chi connectivity index (χ0n) is 29.3. The van der Waals surface area contributed by atoms with Crippen LogP contribution in [-0.2, 0) is 9.53 Å². The van der Waals surface area contributed by atoms with Gasteiger partial charge in [-0.3, -0.25) is 4.79 Å². The largest absolute Gasteiger partial charge is 0.458 e. The number of carbonyl (C=O) groups is 1. The van der Waals surface area contributed by atoms with Crippen LogP contribution in [0.4, 0.5) is 0 Å². The highest BCUT2D eigenvalue weighted by atomic mass is 16.5. The summed E-state index contributed by atoms with van der Waals surface area (Å²) in [6, 6.07) is 0. The molecular formula is C42H58O2. The third-order valence-corrected chi connectivity index (χ3v) is 7.72. The van der Waals surface area contributed by atoms with Crippen molar-refractivity contribution in [2.24, 2.45) is 5.41 Å². The minimum Gasteiger partial charge on any atom is -0.458 e. The molecule has 238 valence electrons. The average molecular weight is 595 g/mol. The van der Waals surface area contributed by atoms with Crippen LogP contribution in [0.3, 0.4) is 0 Å². The number of carbonyl (C=O) groups excluding carboxylic acids is 1. The van der Waals surface area contributed by atoms with E-state index in [0.29, 0.717) is 0 Å². The van der Waals surface area contributed by atoms with Crippen LogP contribution >= 0.6 is 0 Å². The highest BCUT2D eigenvalue weighted by molar-refractivity contribution is 5.66. The lowest BCUT2D eigenvalue weighted by Gasteiger charge is -2.32. The van der Waals surface area contributed by atoms with Gasteiger partial charge >= 0.3 is 5.97 Å². The SMILES string of the molecule is C=C(C)C(CCC(C)=CC=CC(C)=CC=CC(C)=CC=CC=C(C)C=CC=C(C)C=CC1=C(C)CCCC1(C)C)OC(C)=O. The van der Waals surface area contributed by atoms with Gasteiger partial charge in [0, 0.05) is 6.92 Å². The smallest absolute Gasteiger partial charge is 0.303 e. The molecule has 0 saturated heterocycles. The van der Waals surface area contributed by atoms with Gasteiger partial charge in [0.1, 0.15) is 6.10 Å². The molecule has 1 aliphatic carbocycles. The summed E-state index contributed by atoms with van der Waals surface area (Å²) in [4.78, 5) is 11.3. The molecule has 0 aliphatic heterocycles. The van der Waals surface area contributed by atoms with Crippen LogP contribution in [-0.4, -0.2) is 12.1 Å². The standard InChI is InChI=1S/C42H58O2/c1-32(2)41(44-39(9)43)30-28-37(7)25-16-23-35(5)22-14-20-33(3)18-12-13-19-34(4)21-15-24-36(6)27-29-40-38(8)26-17-31-42(40,10)11/h12-16,18-25,27,29,41H,1,17,26,28,30-31H2,2-11H3. The third kappa shape index (κ3) is 16.8. The Hall–Kier alpha value is -3.65. The Balaban J connectivity index is 2.59. The Bertz CT molecular complexity index is 1320. The number of hydrogen-bond acceptors (Lipinski definition) is 2. The molecule has 0 saturated carbocycles. The van der Waals surface area contributed by atoms with E-state index >= 15 is 0 Å².